The molecule has 0 N–H and O–H groups in total. The third-order valence-electron chi connectivity index (χ3n) is 7.12. The van der Waals surface area contributed by atoms with Crippen LogP contribution in [0.3, 0.4) is 0 Å². The monoisotopic (exact) mass is 733 g/mol. The Morgan fingerprint density at radius 3 is 1.07 bits per heavy atom. The summed E-state index contributed by atoms with van der Waals surface area (Å²) in [6.45, 7) is 0. The van der Waals surface area contributed by atoms with Gasteiger partial charge in [0.25, 0.3) is 0 Å². The summed E-state index contributed by atoms with van der Waals surface area (Å²) in [4.78, 5) is 10.6. The van der Waals surface area contributed by atoms with E-state index >= 15 is 0 Å². The molecule has 0 unspecified atom stereocenters. The van der Waals surface area contributed by atoms with Gasteiger partial charge in [-0.05, 0) is 23.3 Å². The van der Waals surface area contributed by atoms with Gasteiger partial charge in [-0.15, -0.1) is 22.7 Å². The Morgan fingerprint density at radius 1 is 0.326 bits per heavy atom. The predicted molar refractivity (Wildman–Crippen MR) is 175 cm³/mol. The van der Waals surface area contributed by atoms with Crippen molar-refractivity contribution in [2.45, 2.75) is 0 Å². The summed E-state index contributed by atoms with van der Waals surface area (Å²) in [5.74, 6) is 0. The molecule has 0 saturated carbocycles. The van der Waals surface area contributed by atoms with E-state index < -0.39 is 0 Å². The summed E-state index contributed by atoms with van der Waals surface area (Å²) in [6, 6.07) is 52.7. The number of rotatable bonds is 6. The van der Waals surface area contributed by atoms with Crippen molar-refractivity contribution in [2.75, 3.05) is 0 Å². The second-order valence-electron chi connectivity index (χ2n) is 9.88. The maximum Gasteiger partial charge on any atom is 2.00 e. The van der Waals surface area contributed by atoms with Crippen LogP contribution in [0.15, 0.2) is 168 Å². The van der Waals surface area contributed by atoms with Gasteiger partial charge in [-0.25, -0.2) is 9.98 Å². The predicted octanol–water partition coefficient (Wildman–Crippen LogP) is 11.3. The van der Waals surface area contributed by atoms with E-state index in [1.807, 2.05) is 109 Å². The molecule has 0 aromatic heterocycles. The van der Waals surface area contributed by atoms with E-state index in [0.717, 1.165) is 67.8 Å². The first-order chi connectivity index (χ1) is 20.8. The van der Waals surface area contributed by atoms with Crippen LogP contribution in [0.5, 0.6) is 0 Å². The number of benzene rings is 6. The van der Waals surface area contributed by atoms with Gasteiger partial charge in [0, 0.05) is 22.5 Å². The topological polar surface area (TPSA) is 52.9 Å². The van der Waals surface area contributed by atoms with Crippen LogP contribution in [0.2, 0.25) is 0 Å². The summed E-state index contributed by atoms with van der Waals surface area (Å²) in [5, 5.41) is 9.83. The van der Waals surface area contributed by atoms with Crippen molar-refractivity contribution in [3.8, 4) is 11.1 Å². The zero-order chi connectivity index (χ0) is 28.1. The molecule has 0 amide bonds. The van der Waals surface area contributed by atoms with Crippen LogP contribution < -0.4 is 0 Å². The van der Waals surface area contributed by atoms with Crippen molar-refractivity contribution in [1.29, 1.82) is 0 Å². The van der Waals surface area contributed by atoms with Crippen LogP contribution in [0.1, 0.15) is 11.1 Å². The molecular weight excluding hydrogens is 708 g/mol. The van der Waals surface area contributed by atoms with E-state index in [1.54, 1.807) is 0 Å². The normalized spacial score (nSPS) is 13.5. The van der Waals surface area contributed by atoms with Gasteiger partial charge in [0.1, 0.15) is 0 Å². The first-order valence-corrected chi connectivity index (χ1v) is 13.9. The minimum absolute atomic E-state index is 0. The SMILES string of the molecule is [Pt+2].c1ccc([N-]c2ccccc2N=C2C(=Nc3ccccc3[N-]c3ccccc3)c3ccccc3-c3ccccc32)cc1. The molecule has 43 heavy (non-hydrogen) atoms. The van der Waals surface area contributed by atoms with Gasteiger partial charge >= 0.3 is 21.1 Å². The second kappa shape index (κ2) is 12.9. The molecule has 5 heteroatoms. The van der Waals surface area contributed by atoms with Gasteiger partial charge in [0.15, 0.2) is 0 Å². The summed E-state index contributed by atoms with van der Waals surface area (Å²) in [5.41, 5.74) is 10.8. The molecule has 7 rings (SSSR count). The van der Waals surface area contributed by atoms with Gasteiger partial charge < -0.3 is 10.6 Å². The van der Waals surface area contributed by atoms with E-state index in [2.05, 4.69) is 48.5 Å². The minimum Gasteiger partial charge on any atom is -0.656 e. The number of nitrogens with zero attached hydrogens (tertiary/aromatic N) is 4. The molecule has 6 aromatic rings. The third kappa shape index (κ3) is 5.97. The molecule has 0 aliphatic heterocycles. The molecule has 0 spiro atoms. The van der Waals surface area contributed by atoms with Crippen LogP contribution in [-0.2, 0) is 21.1 Å². The van der Waals surface area contributed by atoms with Gasteiger partial charge in [0.05, 0.1) is 11.4 Å². The molecule has 0 fully saturated rings. The van der Waals surface area contributed by atoms with Crippen molar-refractivity contribution in [1.82, 2.24) is 0 Å². The van der Waals surface area contributed by atoms with E-state index in [9.17, 15) is 0 Å². The van der Waals surface area contributed by atoms with Crippen LogP contribution in [0.25, 0.3) is 21.8 Å². The Hall–Kier alpha value is -5.05. The van der Waals surface area contributed by atoms with E-state index in [4.69, 9.17) is 20.6 Å². The number of hydrogen-bond donors (Lipinski definition) is 0. The minimum atomic E-state index is 0. The third-order valence-corrected chi connectivity index (χ3v) is 7.12. The Kier molecular flexibility index (Phi) is 8.40. The van der Waals surface area contributed by atoms with Crippen LogP contribution in [0.4, 0.5) is 34.1 Å². The van der Waals surface area contributed by atoms with Crippen LogP contribution in [-0.4, -0.2) is 11.4 Å². The van der Waals surface area contributed by atoms with Crippen molar-refractivity contribution < 1.29 is 21.1 Å². The molecule has 1 aliphatic rings. The zero-order valence-corrected chi connectivity index (χ0v) is 25.4. The fraction of sp³-hybridized carbons (Fsp3) is 0. The van der Waals surface area contributed by atoms with E-state index in [0.29, 0.717) is 0 Å². The van der Waals surface area contributed by atoms with Crippen molar-refractivity contribution in [2.24, 2.45) is 9.98 Å². The summed E-state index contributed by atoms with van der Waals surface area (Å²) in [7, 11) is 0. The Bertz CT molecular complexity index is 1790. The fourth-order valence-corrected chi connectivity index (χ4v) is 5.16. The molecule has 208 valence electrons. The second-order valence-corrected chi connectivity index (χ2v) is 9.88. The van der Waals surface area contributed by atoms with Crippen molar-refractivity contribution in [3.63, 3.8) is 0 Å². The van der Waals surface area contributed by atoms with Crippen molar-refractivity contribution in [3.05, 3.63) is 179 Å². The number of aliphatic imine (C=N–C) groups is 2. The molecule has 6 aromatic carbocycles. The molecule has 0 saturated heterocycles. The number of para-hydroxylation sites is 6. The van der Waals surface area contributed by atoms with Gasteiger partial charge in [0.2, 0.25) is 0 Å². The number of hydrogen-bond acceptors (Lipinski definition) is 2. The summed E-state index contributed by atoms with van der Waals surface area (Å²) < 4.78 is 0. The Labute approximate surface area is 266 Å². The summed E-state index contributed by atoms with van der Waals surface area (Å²) >= 11 is 0. The van der Waals surface area contributed by atoms with Gasteiger partial charge in [-0.2, -0.15) is 0 Å². The first kappa shape index (κ1) is 28.1. The average molecular weight is 734 g/mol. The molecule has 1 aliphatic carbocycles. The molecule has 0 heterocycles. The average Bonchev–Trinajstić information content (AvgIpc) is 3.05. The van der Waals surface area contributed by atoms with Gasteiger partial charge in [-0.3, -0.25) is 0 Å². The largest absolute Gasteiger partial charge is 2.00 e. The van der Waals surface area contributed by atoms with Crippen molar-refractivity contribution >= 4 is 45.5 Å². The molecule has 0 atom stereocenters. The number of fused-ring (bicyclic) bond motifs is 3. The zero-order valence-electron chi connectivity index (χ0n) is 23.1. The first-order valence-electron chi connectivity index (χ1n) is 13.9. The molecule has 0 bridgehead atoms. The maximum absolute atomic E-state index is 5.31. The van der Waals surface area contributed by atoms with Crippen LogP contribution >= 0.6 is 0 Å². The maximum atomic E-state index is 5.31. The quantitative estimate of drug-likeness (QED) is 0.164. The van der Waals surface area contributed by atoms with Crippen LogP contribution in [0, 0.1) is 0 Å². The standard InChI is InChI=1S/C38H26N4.Pt/c1-3-15-27(16-4-1)39-33-23-11-13-25-35(33)41-37-31-21-9-7-19-29(31)30-20-8-10-22-32(30)38(37)42-36-26-14-12-24-34(36)40-28-17-5-2-6-18-28;/h1-26H;/q-2;+2. The smallest absolute Gasteiger partial charge is 0.656 e. The molecule has 4 nitrogen and oxygen atoms in total. The summed E-state index contributed by atoms with van der Waals surface area (Å²) in [6.07, 6.45) is 0. The van der Waals surface area contributed by atoms with E-state index in [1.165, 1.54) is 0 Å². The molecule has 0 radical (unpaired) electrons. The Balaban J connectivity index is 0.00000329. The Morgan fingerprint density at radius 2 is 0.651 bits per heavy atom. The fourth-order valence-electron chi connectivity index (χ4n) is 5.16. The molecular formula is C38H26N4Pt. The van der Waals surface area contributed by atoms with E-state index in [-0.39, 0.29) is 21.1 Å². The van der Waals surface area contributed by atoms with Gasteiger partial charge in [-0.1, -0.05) is 146 Å².